The number of amides is 2. The number of hydrogen-bond donors (Lipinski definition) is 1. The van der Waals surface area contributed by atoms with Crippen molar-refractivity contribution >= 4 is 17.9 Å². The fraction of sp³-hybridized carbons (Fsp3) is 0.353. The summed E-state index contributed by atoms with van der Waals surface area (Å²) in [4.78, 5) is 31.3. The van der Waals surface area contributed by atoms with Gasteiger partial charge in [0, 0.05) is 31.5 Å². The normalized spacial score (nSPS) is 21.9. The van der Waals surface area contributed by atoms with Crippen LogP contribution in [0.25, 0.3) is 6.08 Å². The van der Waals surface area contributed by atoms with Gasteiger partial charge in [-0.15, -0.1) is 0 Å². The summed E-state index contributed by atoms with van der Waals surface area (Å²) in [6.07, 6.45) is 2.29. The van der Waals surface area contributed by atoms with E-state index in [-0.39, 0.29) is 43.2 Å². The average Bonchev–Trinajstić information content (AvgIpc) is 3.79. The number of methoxy groups -OCH3 is 3. The monoisotopic (exact) mass is 630 g/mol. The zero-order valence-electron chi connectivity index (χ0n) is 25.9. The molecule has 1 N–H and O–H groups in total. The standard InChI is InChI=1S/C34H34N2O10/c1-18(37)35-15-24-31(21-12-28(42-4)33-30(13-21)44-17-46-33)23(8-19-5-6-25(38)26(9-19)40-2)34(39)36(24)14-22(35)7-20-10-27(41-3)32-29(11-20)43-16-45-32/h5-6,8-13,22,24,31,38H,7,14-17H2,1-4H3/b23-8+/t22-,24+,31-/m0/s1. The Bertz CT molecular complexity index is 1750. The molecule has 0 radical (unpaired) electrons. The Kier molecular flexibility index (Phi) is 7.42. The Morgan fingerprint density at radius 3 is 2.24 bits per heavy atom. The van der Waals surface area contributed by atoms with E-state index in [0.717, 1.165) is 11.1 Å². The lowest BCUT2D eigenvalue weighted by atomic mass is 9.85. The third-order valence-corrected chi connectivity index (χ3v) is 9.02. The number of ether oxygens (including phenoxy) is 7. The largest absolute Gasteiger partial charge is 0.504 e. The highest BCUT2D eigenvalue weighted by molar-refractivity contribution is 6.03. The molecule has 3 aromatic carbocycles. The minimum Gasteiger partial charge on any atom is -0.504 e. The maximum Gasteiger partial charge on any atom is 0.250 e. The zero-order chi connectivity index (χ0) is 32.1. The van der Waals surface area contributed by atoms with Crippen LogP contribution in [0.5, 0.6) is 46.0 Å². The zero-order valence-corrected chi connectivity index (χ0v) is 25.9. The second-order valence-corrected chi connectivity index (χ2v) is 11.6. The first-order valence-electron chi connectivity index (χ1n) is 14.9. The fourth-order valence-electron chi connectivity index (χ4n) is 6.92. The molecule has 12 heteroatoms. The summed E-state index contributed by atoms with van der Waals surface area (Å²) in [7, 11) is 4.60. The number of phenolic OH excluding ortho intramolecular Hbond substituents is 1. The number of hydrogen-bond acceptors (Lipinski definition) is 10. The molecular weight excluding hydrogens is 596 g/mol. The molecule has 2 amide bonds. The maximum absolute atomic E-state index is 14.4. The van der Waals surface area contributed by atoms with Crippen LogP contribution in [0.15, 0.2) is 48.0 Å². The van der Waals surface area contributed by atoms with Gasteiger partial charge in [0.25, 0.3) is 5.91 Å². The van der Waals surface area contributed by atoms with E-state index in [1.807, 2.05) is 40.1 Å². The van der Waals surface area contributed by atoms with Crippen LogP contribution in [0, 0.1) is 0 Å². The predicted molar refractivity (Wildman–Crippen MR) is 164 cm³/mol. The van der Waals surface area contributed by atoms with Gasteiger partial charge < -0.3 is 48.1 Å². The Morgan fingerprint density at radius 2 is 1.57 bits per heavy atom. The maximum atomic E-state index is 14.4. The Labute approximate surface area is 265 Å². The molecule has 0 unspecified atom stereocenters. The number of benzene rings is 3. The lowest BCUT2D eigenvalue weighted by Gasteiger charge is -2.44. The van der Waals surface area contributed by atoms with Gasteiger partial charge in [0.15, 0.2) is 34.5 Å². The average molecular weight is 631 g/mol. The van der Waals surface area contributed by atoms with E-state index < -0.39 is 5.92 Å². The minimum atomic E-state index is -0.441. The summed E-state index contributed by atoms with van der Waals surface area (Å²) in [5.41, 5.74) is 2.91. The Morgan fingerprint density at radius 1 is 0.891 bits per heavy atom. The molecular formula is C34H34N2O10. The highest BCUT2D eigenvalue weighted by Crippen LogP contribution is 2.49. The summed E-state index contributed by atoms with van der Waals surface area (Å²) in [5.74, 6) is 2.84. The number of nitrogens with zero attached hydrogens (tertiary/aromatic N) is 2. The van der Waals surface area contributed by atoms with Crippen LogP contribution in [0.1, 0.15) is 29.5 Å². The predicted octanol–water partition coefficient (Wildman–Crippen LogP) is 3.73. The molecule has 0 aliphatic carbocycles. The molecule has 7 rings (SSSR count). The molecule has 3 atom stereocenters. The number of aromatic hydroxyl groups is 1. The summed E-state index contributed by atoms with van der Waals surface area (Å²) < 4.78 is 39.1. The van der Waals surface area contributed by atoms with Crippen LogP contribution in [-0.2, 0) is 16.0 Å². The number of rotatable bonds is 7. The number of piperazine rings is 1. The van der Waals surface area contributed by atoms with Crippen molar-refractivity contribution in [1.82, 2.24) is 9.80 Å². The summed E-state index contributed by atoms with van der Waals surface area (Å²) >= 11 is 0. The quantitative estimate of drug-likeness (QED) is 0.386. The van der Waals surface area contributed by atoms with E-state index >= 15 is 0 Å². The summed E-state index contributed by atoms with van der Waals surface area (Å²) in [5, 5.41) is 10.2. The van der Waals surface area contributed by atoms with Crippen molar-refractivity contribution in [3.8, 4) is 46.0 Å². The number of carbonyl (C=O) groups excluding carboxylic acids is 2. The van der Waals surface area contributed by atoms with Crippen molar-refractivity contribution in [3.05, 3.63) is 64.7 Å². The fourth-order valence-corrected chi connectivity index (χ4v) is 6.92. The van der Waals surface area contributed by atoms with E-state index in [1.54, 1.807) is 33.3 Å². The molecule has 3 aromatic rings. The molecule has 46 heavy (non-hydrogen) atoms. The molecule has 2 fully saturated rings. The first kappa shape index (κ1) is 29.5. The first-order chi connectivity index (χ1) is 22.3. The smallest absolute Gasteiger partial charge is 0.250 e. The molecule has 2 saturated heterocycles. The van der Waals surface area contributed by atoms with Crippen LogP contribution >= 0.6 is 0 Å². The van der Waals surface area contributed by atoms with Gasteiger partial charge in [0.1, 0.15) is 0 Å². The van der Waals surface area contributed by atoms with Crippen molar-refractivity contribution in [2.75, 3.05) is 48.0 Å². The molecule has 4 heterocycles. The van der Waals surface area contributed by atoms with Crippen molar-refractivity contribution < 1.29 is 47.9 Å². The number of carbonyl (C=O) groups is 2. The van der Waals surface area contributed by atoms with Gasteiger partial charge in [-0.1, -0.05) is 6.07 Å². The van der Waals surface area contributed by atoms with Gasteiger partial charge in [-0.05, 0) is 65.6 Å². The lowest BCUT2D eigenvalue weighted by Crippen LogP contribution is -2.59. The van der Waals surface area contributed by atoms with Gasteiger partial charge >= 0.3 is 0 Å². The van der Waals surface area contributed by atoms with Crippen molar-refractivity contribution in [2.24, 2.45) is 0 Å². The van der Waals surface area contributed by atoms with E-state index in [2.05, 4.69) is 0 Å². The minimum absolute atomic E-state index is 0.00281. The van der Waals surface area contributed by atoms with Crippen molar-refractivity contribution in [1.29, 1.82) is 0 Å². The van der Waals surface area contributed by atoms with E-state index in [1.165, 1.54) is 13.2 Å². The molecule has 4 aliphatic rings. The van der Waals surface area contributed by atoms with Crippen molar-refractivity contribution in [2.45, 2.75) is 31.3 Å². The Balaban J connectivity index is 1.30. The van der Waals surface area contributed by atoms with Crippen LogP contribution < -0.4 is 33.2 Å². The van der Waals surface area contributed by atoms with Crippen LogP contribution in [-0.4, -0.2) is 86.8 Å². The third kappa shape index (κ3) is 4.93. The molecule has 0 spiro atoms. The second kappa shape index (κ2) is 11.6. The molecule has 240 valence electrons. The van der Waals surface area contributed by atoms with Crippen LogP contribution in [0.3, 0.4) is 0 Å². The molecule has 4 aliphatic heterocycles. The second-order valence-electron chi connectivity index (χ2n) is 11.6. The van der Waals surface area contributed by atoms with E-state index in [9.17, 15) is 14.7 Å². The molecule has 0 bridgehead atoms. The van der Waals surface area contributed by atoms with Crippen LogP contribution in [0.4, 0.5) is 0 Å². The molecule has 12 nitrogen and oxygen atoms in total. The summed E-state index contributed by atoms with van der Waals surface area (Å²) in [6.45, 7) is 2.35. The van der Waals surface area contributed by atoms with Gasteiger partial charge in [0.05, 0.1) is 33.4 Å². The lowest BCUT2D eigenvalue weighted by molar-refractivity contribution is -0.140. The van der Waals surface area contributed by atoms with E-state index in [4.69, 9.17) is 33.2 Å². The SMILES string of the molecule is COc1cc(/C=C2/C(=O)N3C[C@H](Cc4cc(OC)c5c(c4)OCO5)N(C(C)=O)C[C@@H]3[C@H]2c2cc(OC)c3c(c2)OCO3)ccc1O. The van der Waals surface area contributed by atoms with Gasteiger partial charge in [-0.3, -0.25) is 9.59 Å². The van der Waals surface area contributed by atoms with Gasteiger partial charge in [-0.2, -0.15) is 0 Å². The van der Waals surface area contributed by atoms with Crippen LogP contribution in [0.2, 0.25) is 0 Å². The topological polar surface area (TPSA) is 125 Å². The number of phenols is 1. The molecule has 0 aromatic heterocycles. The van der Waals surface area contributed by atoms with Gasteiger partial charge in [-0.25, -0.2) is 0 Å². The number of fused-ring (bicyclic) bond motifs is 3. The first-order valence-corrected chi connectivity index (χ1v) is 14.9. The highest BCUT2D eigenvalue weighted by Gasteiger charge is 2.50. The van der Waals surface area contributed by atoms with E-state index in [0.29, 0.717) is 70.9 Å². The van der Waals surface area contributed by atoms with Crippen molar-refractivity contribution in [3.63, 3.8) is 0 Å². The highest BCUT2D eigenvalue weighted by atomic mass is 16.7. The third-order valence-electron chi connectivity index (χ3n) is 9.02. The molecule has 0 saturated carbocycles. The summed E-state index contributed by atoms with van der Waals surface area (Å²) in [6, 6.07) is 11.8. The van der Waals surface area contributed by atoms with Gasteiger partial charge in [0.2, 0.25) is 31.0 Å². The Hall–Kier alpha value is -5.26.